The van der Waals surface area contributed by atoms with Crippen molar-refractivity contribution in [1.82, 2.24) is 4.90 Å². The van der Waals surface area contributed by atoms with Gasteiger partial charge in [0.15, 0.2) is 0 Å². The van der Waals surface area contributed by atoms with Gasteiger partial charge in [0, 0.05) is 29.7 Å². The minimum Gasteiger partial charge on any atom is -0.299 e. The second-order valence-corrected chi connectivity index (χ2v) is 3.56. The first-order valence-corrected chi connectivity index (χ1v) is 4.40. The summed E-state index contributed by atoms with van der Waals surface area (Å²) in [5.41, 5.74) is 1.03. The second kappa shape index (κ2) is 2.55. The smallest absolute Gasteiger partial charge is 0.231 e. The van der Waals surface area contributed by atoms with Crippen LogP contribution in [0.25, 0.3) is 0 Å². The maximum Gasteiger partial charge on any atom is 0.231 e. The molecule has 0 aromatic carbocycles. The Kier molecular flexibility index (Phi) is 1.65. The van der Waals surface area contributed by atoms with Crippen LogP contribution in [0.2, 0.25) is 0 Å². The second-order valence-electron chi connectivity index (χ2n) is 2.70. The summed E-state index contributed by atoms with van der Waals surface area (Å²) in [6.07, 6.45) is 4.08. The predicted molar refractivity (Wildman–Crippen MR) is 49.9 cm³/mol. The third-order valence-corrected chi connectivity index (χ3v) is 2.60. The molecule has 0 saturated heterocycles. The van der Waals surface area contributed by atoms with Crippen molar-refractivity contribution >= 4 is 27.7 Å². The van der Waals surface area contributed by atoms with E-state index in [0.717, 1.165) is 15.9 Å². The van der Waals surface area contributed by atoms with Crippen LogP contribution in [0, 0.1) is 0 Å². The summed E-state index contributed by atoms with van der Waals surface area (Å²) in [6, 6.07) is 0. The molecule has 2 aliphatic rings. The van der Waals surface area contributed by atoms with Gasteiger partial charge in [0.1, 0.15) is 5.84 Å². The summed E-state index contributed by atoms with van der Waals surface area (Å²) in [6.45, 7) is 0. The van der Waals surface area contributed by atoms with Crippen molar-refractivity contribution in [3.63, 3.8) is 0 Å². The Bertz CT molecular complexity index is 341. The van der Waals surface area contributed by atoms with E-state index in [2.05, 4.69) is 20.9 Å². The van der Waals surface area contributed by atoms with E-state index >= 15 is 0 Å². The van der Waals surface area contributed by atoms with E-state index in [-0.39, 0.29) is 5.91 Å². The Morgan fingerprint density at radius 3 is 3.17 bits per heavy atom. The monoisotopic (exact) mass is 226 g/mol. The van der Waals surface area contributed by atoms with Gasteiger partial charge >= 0.3 is 0 Å². The molecule has 0 atom stereocenters. The standard InChI is InChI=1S/C8H7BrN2O/c1-11-7(12)3-2-5-6(9)4-10-8(5)11/h2,4H,3H2,1H3. The molecule has 0 aliphatic carbocycles. The van der Waals surface area contributed by atoms with Crippen molar-refractivity contribution < 1.29 is 4.79 Å². The quantitative estimate of drug-likeness (QED) is 0.616. The van der Waals surface area contributed by atoms with Crippen LogP contribution in [0.3, 0.4) is 0 Å². The van der Waals surface area contributed by atoms with Gasteiger partial charge in [-0.05, 0) is 15.9 Å². The van der Waals surface area contributed by atoms with Crippen LogP contribution in [-0.4, -0.2) is 23.7 Å². The molecule has 3 nitrogen and oxygen atoms in total. The zero-order valence-corrected chi connectivity index (χ0v) is 8.13. The number of amidine groups is 1. The summed E-state index contributed by atoms with van der Waals surface area (Å²) in [7, 11) is 1.74. The Labute approximate surface area is 78.6 Å². The summed E-state index contributed by atoms with van der Waals surface area (Å²) < 4.78 is 0.955. The highest BCUT2D eigenvalue weighted by Gasteiger charge is 2.26. The number of halogens is 1. The number of carbonyl (C=O) groups excluding carboxylic acids is 1. The molecular weight excluding hydrogens is 220 g/mol. The van der Waals surface area contributed by atoms with Crippen molar-refractivity contribution in [1.29, 1.82) is 0 Å². The van der Waals surface area contributed by atoms with Crippen molar-refractivity contribution in [3.05, 3.63) is 22.3 Å². The molecule has 2 rings (SSSR count). The van der Waals surface area contributed by atoms with Gasteiger partial charge in [0.25, 0.3) is 0 Å². The van der Waals surface area contributed by atoms with Gasteiger partial charge < -0.3 is 0 Å². The molecule has 0 N–H and O–H groups in total. The molecule has 0 saturated carbocycles. The van der Waals surface area contributed by atoms with Gasteiger partial charge in [-0.3, -0.25) is 9.69 Å². The van der Waals surface area contributed by atoms with E-state index in [4.69, 9.17) is 0 Å². The van der Waals surface area contributed by atoms with Gasteiger partial charge in [0.2, 0.25) is 5.91 Å². The molecule has 2 heterocycles. The largest absolute Gasteiger partial charge is 0.299 e. The van der Waals surface area contributed by atoms with Gasteiger partial charge in [0.05, 0.1) is 0 Å². The fourth-order valence-corrected chi connectivity index (χ4v) is 1.71. The average molecular weight is 227 g/mol. The number of likely N-dealkylation sites (N-methyl/N-ethyl adjacent to an activating group) is 1. The molecule has 0 fully saturated rings. The van der Waals surface area contributed by atoms with E-state index < -0.39 is 0 Å². The summed E-state index contributed by atoms with van der Waals surface area (Å²) in [4.78, 5) is 16.9. The molecule has 12 heavy (non-hydrogen) atoms. The first-order valence-electron chi connectivity index (χ1n) is 3.61. The van der Waals surface area contributed by atoms with Crippen LogP contribution in [0.5, 0.6) is 0 Å². The first-order chi connectivity index (χ1) is 5.70. The molecule has 62 valence electrons. The maximum absolute atomic E-state index is 11.2. The van der Waals surface area contributed by atoms with Crippen molar-refractivity contribution in [2.45, 2.75) is 6.42 Å². The fraction of sp³-hybridized carbons (Fsp3) is 0.250. The number of carbonyl (C=O) groups is 1. The number of nitrogens with zero attached hydrogens (tertiary/aromatic N) is 2. The van der Waals surface area contributed by atoms with E-state index in [9.17, 15) is 4.79 Å². The lowest BCUT2D eigenvalue weighted by Gasteiger charge is -2.21. The minimum atomic E-state index is 0.0908. The number of rotatable bonds is 0. The molecule has 0 aromatic rings. The predicted octanol–water partition coefficient (Wildman–Crippen LogP) is 1.42. The average Bonchev–Trinajstić information content (AvgIpc) is 2.41. The van der Waals surface area contributed by atoms with Crippen LogP contribution in [0.1, 0.15) is 6.42 Å². The Hall–Kier alpha value is -0.900. The summed E-state index contributed by atoms with van der Waals surface area (Å²) in [5, 5.41) is 0. The topological polar surface area (TPSA) is 32.7 Å². The molecule has 4 heteroatoms. The highest BCUT2D eigenvalue weighted by Crippen LogP contribution is 2.28. The number of hydrogen-bond acceptors (Lipinski definition) is 2. The summed E-state index contributed by atoms with van der Waals surface area (Å²) >= 11 is 3.37. The Balaban J connectivity index is 2.44. The minimum absolute atomic E-state index is 0.0908. The van der Waals surface area contributed by atoms with E-state index in [1.165, 1.54) is 0 Å². The van der Waals surface area contributed by atoms with Crippen molar-refractivity contribution in [2.75, 3.05) is 7.05 Å². The first kappa shape index (κ1) is 7.73. The number of fused-ring (bicyclic) bond motifs is 1. The lowest BCUT2D eigenvalue weighted by Crippen LogP contribution is -2.35. The normalized spacial score (nSPS) is 21.7. The Morgan fingerprint density at radius 2 is 2.42 bits per heavy atom. The van der Waals surface area contributed by atoms with Crippen LogP contribution in [-0.2, 0) is 4.79 Å². The van der Waals surface area contributed by atoms with Crippen molar-refractivity contribution in [3.8, 4) is 0 Å². The number of hydrogen-bond donors (Lipinski definition) is 0. The lowest BCUT2D eigenvalue weighted by atomic mass is 10.1. The van der Waals surface area contributed by atoms with Gasteiger partial charge in [-0.2, -0.15) is 0 Å². The molecule has 0 aromatic heterocycles. The molecule has 0 unspecified atom stereocenters. The van der Waals surface area contributed by atoms with Crippen LogP contribution in [0.4, 0.5) is 0 Å². The van der Waals surface area contributed by atoms with Gasteiger partial charge in [-0.1, -0.05) is 6.08 Å². The number of aliphatic imine (C=N–C) groups is 1. The third kappa shape index (κ3) is 0.948. The highest BCUT2D eigenvalue weighted by atomic mass is 79.9. The molecule has 0 bridgehead atoms. The van der Waals surface area contributed by atoms with E-state index in [0.29, 0.717) is 6.42 Å². The lowest BCUT2D eigenvalue weighted by molar-refractivity contribution is -0.125. The van der Waals surface area contributed by atoms with Gasteiger partial charge in [-0.15, -0.1) is 0 Å². The molecule has 0 radical (unpaired) electrons. The zero-order valence-electron chi connectivity index (χ0n) is 6.54. The number of amides is 1. The third-order valence-electron chi connectivity index (χ3n) is 1.97. The van der Waals surface area contributed by atoms with Crippen molar-refractivity contribution in [2.24, 2.45) is 4.99 Å². The summed E-state index contributed by atoms with van der Waals surface area (Å²) in [5.74, 6) is 0.839. The van der Waals surface area contributed by atoms with Crippen LogP contribution in [0.15, 0.2) is 27.3 Å². The molecular formula is C8H7BrN2O. The van der Waals surface area contributed by atoms with E-state index in [1.807, 2.05) is 6.08 Å². The Morgan fingerprint density at radius 1 is 1.67 bits per heavy atom. The van der Waals surface area contributed by atoms with E-state index in [1.54, 1.807) is 18.1 Å². The van der Waals surface area contributed by atoms with Gasteiger partial charge in [-0.25, -0.2) is 4.99 Å². The molecule has 2 aliphatic heterocycles. The van der Waals surface area contributed by atoms with Crippen LogP contribution >= 0.6 is 15.9 Å². The highest BCUT2D eigenvalue weighted by molar-refractivity contribution is 9.12. The zero-order chi connectivity index (χ0) is 8.72. The van der Waals surface area contributed by atoms with Crippen LogP contribution < -0.4 is 0 Å². The molecule has 0 spiro atoms. The SMILES string of the molecule is CN1C(=O)CC=C2C(Br)=CN=C21. The maximum atomic E-state index is 11.2. The fourth-order valence-electron chi connectivity index (χ4n) is 1.26. The molecule has 1 amide bonds.